The molecule has 0 rings (SSSR count). The van der Waals surface area contributed by atoms with Gasteiger partial charge in [-0.05, 0) is 6.42 Å². The number of nitriles is 1. The average molecular weight is 96.1 g/mol. The smallest absolute Gasteiger partial charge is 0.0930 e. The molecule has 0 heterocycles. The monoisotopic (exact) mass is 96.1 g/mol. The fourth-order valence-corrected chi connectivity index (χ4v) is 0.185. The van der Waals surface area contributed by atoms with Crippen molar-refractivity contribution in [2.24, 2.45) is 5.73 Å². The van der Waals surface area contributed by atoms with E-state index in [0.29, 0.717) is 5.70 Å². The lowest BCUT2D eigenvalue weighted by Crippen LogP contribution is -1.92. The van der Waals surface area contributed by atoms with E-state index in [2.05, 4.69) is 0 Å². The van der Waals surface area contributed by atoms with Gasteiger partial charge in [0.05, 0.1) is 6.07 Å². The molecule has 0 aromatic carbocycles. The molecule has 0 atom stereocenters. The predicted octanol–water partition coefficient (Wildman–Crippen LogP) is 0.763. The molecule has 0 aromatic heterocycles. The summed E-state index contributed by atoms with van der Waals surface area (Å²) in [5.74, 6) is 0. The van der Waals surface area contributed by atoms with Gasteiger partial charge in [-0.25, -0.2) is 0 Å². The lowest BCUT2D eigenvalue weighted by Gasteiger charge is -1.84. The molecular formula is C5H8N2. The largest absolute Gasteiger partial charge is 0.401 e. The van der Waals surface area contributed by atoms with E-state index in [-0.39, 0.29) is 0 Å². The van der Waals surface area contributed by atoms with Crippen molar-refractivity contribution >= 4 is 0 Å². The van der Waals surface area contributed by atoms with Gasteiger partial charge in [0, 0.05) is 11.8 Å². The highest BCUT2D eigenvalue weighted by Gasteiger charge is 1.77. The summed E-state index contributed by atoms with van der Waals surface area (Å²) >= 11 is 0. The summed E-state index contributed by atoms with van der Waals surface area (Å²) in [6, 6.07) is 1.83. The van der Waals surface area contributed by atoms with Crippen molar-refractivity contribution in [1.82, 2.24) is 0 Å². The van der Waals surface area contributed by atoms with E-state index in [9.17, 15) is 0 Å². The molecular weight excluding hydrogens is 88.1 g/mol. The molecule has 0 radical (unpaired) electrons. The molecule has 0 aliphatic carbocycles. The summed E-state index contributed by atoms with van der Waals surface area (Å²) in [6.45, 7) is 1.91. The van der Waals surface area contributed by atoms with Crippen molar-refractivity contribution in [2.75, 3.05) is 0 Å². The van der Waals surface area contributed by atoms with Gasteiger partial charge in [0.15, 0.2) is 0 Å². The van der Waals surface area contributed by atoms with E-state index < -0.39 is 0 Å². The van der Waals surface area contributed by atoms with Crippen LogP contribution in [0, 0.1) is 11.3 Å². The minimum atomic E-state index is 0.641. The van der Waals surface area contributed by atoms with Gasteiger partial charge in [-0.2, -0.15) is 5.26 Å². The van der Waals surface area contributed by atoms with Crippen molar-refractivity contribution in [3.63, 3.8) is 0 Å². The summed E-state index contributed by atoms with van der Waals surface area (Å²) in [4.78, 5) is 0. The fraction of sp³-hybridized carbons (Fsp3) is 0.400. The maximum Gasteiger partial charge on any atom is 0.0930 e. The van der Waals surface area contributed by atoms with Crippen LogP contribution in [0.2, 0.25) is 0 Å². The molecule has 0 saturated carbocycles. The summed E-state index contributed by atoms with van der Waals surface area (Å²) < 4.78 is 0. The quantitative estimate of drug-likeness (QED) is 0.490. The van der Waals surface area contributed by atoms with Crippen LogP contribution in [0.3, 0.4) is 0 Å². The van der Waals surface area contributed by atoms with Crippen molar-refractivity contribution < 1.29 is 0 Å². The zero-order valence-electron chi connectivity index (χ0n) is 4.31. The first-order valence-electron chi connectivity index (χ1n) is 2.15. The van der Waals surface area contributed by atoms with E-state index in [1.807, 2.05) is 13.0 Å². The fourth-order valence-electron chi connectivity index (χ4n) is 0.185. The molecule has 2 N–H and O–H groups in total. The molecule has 2 heteroatoms. The third-order valence-electron chi connectivity index (χ3n) is 0.658. The molecule has 0 bridgehead atoms. The summed E-state index contributed by atoms with van der Waals surface area (Å²) in [6.07, 6.45) is 2.10. The molecule has 0 amide bonds. The standard InChI is InChI=1S/C5H8N2/c1-2-5(7)3-4-6/h3H,2,7H2,1H3/b5-3+. The normalized spacial score (nSPS) is 10.6. The first kappa shape index (κ1) is 6.03. The second-order valence-electron chi connectivity index (χ2n) is 1.20. The van der Waals surface area contributed by atoms with Gasteiger partial charge in [0.25, 0.3) is 0 Å². The Kier molecular flexibility index (Phi) is 2.78. The van der Waals surface area contributed by atoms with Gasteiger partial charge in [0.1, 0.15) is 0 Å². The van der Waals surface area contributed by atoms with Gasteiger partial charge < -0.3 is 5.73 Å². The van der Waals surface area contributed by atoms with Crippen LogP contribution in [0.1, 0.15) is 13.3 Å². The molecule has 0 aliphatic heterocycles. The molecule has 0 aliphatic rings. The Hall–Kier alpha value is -0.970. The Labute approximate surface area is 43.2 Å². The minimum Gasteiger partial charge on any atom is -0.401 e. The molecule has 0 fully saturated rings. The molecule has 38 valence electrons. The third kappa shape index (κ3) is 2.84. The SMILES string of the molecule is CC/C(N)=C\C#N. The minimum absolute atomic E-state index is 0.641. The lowest BCUT2D eigenvalue weighted by molar-refractivity contribution is 1.07. The van der Waals surface area contributed by atoms with Crippen molar-refractivity contribution in [1.29, 1.82) is 5.26 Å². The molecule has 0 unspecified atom stereocenters. The van der Waals surface area contributed by atoms with Crippen LogP contribution in [0.4, 0.5) is 0 Å². The molecule has 2 nitrogen and oxygen atoms in total. The van der Waals surface area contributed by atoms with E-state index in [1.165, 1.54) is 6.08 Å². The number of nitrogens with two attached hydrogens (primary N) is 1. The van der Waals surface area contributed by atoms with Crippen LogP contribution in [0.25, 0.3) is 0 Å². The van der Waals surface area contributed by atoms with Crippen LogP contribution in [-0.4, -0.2) is 0 Å². The maximum absolute atomic E-state index is 7.96. The van der Waals surface area contributed by atoms with Gasteiger partial charge in [0.2, 0.25) is 0 Å². The van der Waals surface area contributed by atoms with Crippen LogP contribution in [-0.2, 0) is 0 Å². The predicted molar refractivity (Wildman–Crippen MR) is 28.2 cm³/mol. The van der Waals surface area contributed by atoms with Gasteiger partial charge in [-0.15, -0.1) is 0 Å². The first-order chi connectivity index (χ1) is 3.31. The van der Waals surface area contributed by atoms with Crippen molar-refractivity contribution in [2.45, 2.75) is 13.3 Å². The zero-order chi connectivity index (χ0) is 5.70. The lowest BCUT2D eigenvalue weighted by atomic mass is 10.3. The summed E-state index contributed by atoms with van der Waals surface area (Å²) in [7, 11) is 0. The Morgan fingerprint density at radius 2 is 2.57 bits per heavy atom. The first-order valence-corrected chi connectivity index (χ1v) is 2.15. The summed E-state index contributed by atoms with van der Waals surface area (Å²) in [5, 5.41) is 7.96. The number of allylic oxidation sites excluding steroid dienone is 2. The molecule has 7 heavy (non-hydrogen) atoms. The van der Waals surface area contributed by atoms with Crippen LogP contribution in [0.5, 0.6) is 0 Å². The van der Waals surface area contributed by atoms with E-state index in [1.54, 1.807) is 0 Å². The topological polar surface area (TPSA) is 49.8 Å². The van der Waals surface area contributed by atoms with E-state index in [4.69, 9.17) is 11.0 Å². The van der Waals surface area contributed by atoms with Crippen LogP contribution < -0.4 is 5.73 Å². The summed E-state index contributed by atoms with van der Waals surface area (Å²) in [5.41, 5.74) is 5.86. The van der Waals surface area contributed by atoms with Crippen molar-refractivity contribution in [3.05, 3.63) is 11.8 Å². The van der Waals surface area contributed by atoms with E-state index >= 15 is 0 Å². The highest BCUT2D eigenvalue weighted by molar-refractivity contribution is 5.09. The van der Waals surface area contributed by atoms with Crippen LogP contribution in [0.15, 0.2) is 11.8 Å². The molecule has 0 saturated heterocycles. The zero-order valence-corrected chi connectivity index (χ0v) is 4.31. The highest BCUT2D eigenvalue weighted by Crippen LogP contribution is 1.85. The van der Waals surface area contributed by atoms with Crippen molar-refractivity contribution in [3.8, 4) is 6.07 Å². The number of hydrogen-bond donors (Lipinski definition) is 1. The van der Waals surface area contributed by atoms with Gasteiger partial charge >= 0.3 is 0 Å². The maximum atomic E-state index is 7.96. The van der Waals surface area contributed by atoms with Gasteiger partial charge in [-0.3, -0.25) is 0 Å². The second-order valence-corrected chi connectivity index (χ2v) is 1.20. The third-order valence-corrected chi connectivity index (χ3v) is 0.658. The Morgan fingerprint density at radius 1 is 2.00 bits per heavy atom. The van der Waals surface area contributed by atoms with Crippen LogP contribution >= 0.6 is 0 Å². The average Bonchev–Trinajstić information content (AvgIpc) is 1.68. The number of nitrogens with zero attached hydrogens (tertiary/aromatic N) is 1. The number of rotatable bonds is 1. The van der Waals surface area contributed by atoms with E-state index in [0.717, 1.165) is 6.42 Å². The molecule has 0 aromatic rings. The Bertz CT molecular complexity index is 108. The Balaban J connectivity index is 3.56. The second kappa shape index (κ2) is 3.23. The Morgan fingerprint density at radius 3 is 2.71 bits per heavy atom. The number of hydrogen-bond acceptors (Lipinski definition) is 2. The van der Waals surface area contributed by atoms with Gasteiger partial charge in [-0.1, -0.05) is 6.92 Å². The molecule has 0 spiro atoms. The highest BCUT2D eigenvalue weighted by atomic mass is 14.6.